The highest BCUT2D eigenvalue weighted by Gasteiger charge is 2.39. The molecule has 4 rings (SSSR count). The first-order valence-corrected chi connectivity index (χ1v) is 7.86. The van der Waals surface area contributed by atoms with Gasteiger partial charge in [0.15, 0.2) is 0 Å². The van der Waals surface area contributed by atoms with Gasteiger partial charge < -0.3 is 5.32 Å². The molecule has 1 atom stereocenters. The van der Waals surface area contributed by atoms with Gasteiger partial charge >= 0.3 is 6.18 Å². The van der Waals surface area contributed by atoms with Crippen LogP contribution in [0.5, 0.6) is 0 Å². The number of aromatic nitrogens is 3. The van der Waals surface area contributed by atoms with E-state index in [1.165, 1.54) is 48.5 Å². The van der Waals surface area contributed by atoms with E-state index in [1.54, 1.807) is 6.07 Å². The zero-order valence-electron chi connectivity index (χ0n) is 13.5. The van der Waals surface area contributed by atoms with E-state index >= 15 is 0 Å². The Morgan fingerprint density at radius 3 is 2.33 bits per heavy atom. The van der Waals surface area contributed by atoms with Gasteiger partial charge in [-0.2, -0.15) is 18.2 Å². The summed E-state index contributed by atoms with van der Waals surface area (Å²) in [6, 6.07) is 10.1. The Morgan fingerprint density at radius 2 is 1.67 bits per heavy atom. The van der Waals surface area contributed by atoms with Gasteiger partial charge in [0.05, 0.1) is 0 Å². The number of anilines is 1. The Bertz CT molecular complexity index is 1020. The summed E-state index contributed by atoms with van der Waals surface area (Å²) in [7, 11) is 0. The third-order valence-electron chi connectivity index (χ3n) is 4.10. The lowest BCUT2D eigenvalue weighted by Gasteiger charge is -2.24. The first kappa shape index (κ1) is 17.2. The van der Waals surface area contributed by atoms with Crippen LogP contribution in [-0.4, -0.2) is 14.8 Å². The molecule has 1 aromatic heterocycles. The Hall–Kier alpha value is -3.23. The molecule has 9 heteroatoms. The number of fused-ring (bicyclic) bond motifs is 1. The van der Waals surface area contributed by atoms with Gasteiger partial charge in [-0.15, -0.1) is 5.10 Å². The van der Waals surface area contributed by atoms with Crippen LogP contribution in [0.25, 0.3) is 5.70 Å². The van der Waals surface area contributed by atoms with Gasteiger partial charge in [0, 0.05) is 11.3 Å². The van der Waals surface area contributed by atoms with Crippen LogP contribution in [0.2, 0.25) is 0 Å². The molecule has 4 nitrogen and oxygen atoms in total. The molecule has 1 aliphatic heterocycles. The molecule has 0 amide bonds. The second-order valence-corrected chi connectivity index (χ2v) is 5.88. The number of rotatable bonds is 2. The minimum Gasteiger partial charge on any atom is -0.324 e. The minimum absolute atomic E-state index is 0.137. The second kappa shape index (κ2) is 6.19. The predicted octanol–water partition coefficient (Wildman–Crippen LogP) is 4.63. The van der Waals surface area contributed by atoms with E-state index in [0.29, 0.717) is 11.3 Å². The number of hydrogen-bond donors (Lipinski definition) is 1. The van der Waals surface area contributed by atoms with E-state index in [0.717, 1.165) is 4.68 Å². The van der Waals surface area contributed by atoms with Crippen molar-refractivity contribution in [1.82, 2.24) is 14.8 Å². The molecule has 1 N–H and O–H groups in total. The van der Waals surface area contributed by atoms with Crippen molar-refractivity contribution in [3.8, 4) is 0 Å². The molecule has 138 valence electrons. The number of nitrogens with zero attached hydrogens (tertiary/aromatic N) is 3. The summed E-state index contributed by atoms with van der Waals surface area (Å²) in [6.07, 6.45) is -3.23. The van der Waals surface area contributed by atoms with Crippen molar-refractivity contribution in [2.75, 3.05) is 5.32 Å². The molecule has 0 saturated heterocycles. The van der Waals surface area contributed by atoms with Gasteiger partial charge in [0.2, 0.25) is 5.95 Å². The molecular weight excluding hydrogens is 367 g/mol. The van der Waals surface area contributed by atoms with Crippen molar-refractivity contribution in [1.29, 1.82) is 0 Å². The minimum atomic E-state index is -4.75. The zero-order valence-corrected chi connectivity index (χ0v) is 13.5. The van der Waals surface area contributed by atoms with E-state index in [2.05, 4.69) is 15.4 Å². The van der Waals surface area contributed by atoms with Crippen molar-refractivity contribution >= 4 is 11.6 Å². The summed E-state index contributed by atoms with van der Waals surface area (Å²) in [6.45, 7) is 0. The quantitative estimate of drug-likeness (QED) is 0.661. The highest BCUT2D eigenvalue weighted by atomic mass is 19.4. The Labute approximate surface area is 150 Å². The Morgan fingerprint density at radius 1 is 0.963 bits per heavy atom. The van der Waals surface area contributed by atoms with Crippen molar-refractivity contribution in [2.45, 2.75) is 12.2 Å². The summed E-state index contributed by atoms with van der Waals surface area (Å²) in [4.78, 5) is 3.50. The van der Waals surface area contributed by atoms with Crippen molar-refractivity contribution in [3.63, 3.8) is 0 Å². The second-order valence-electron chi connectivity index (χ2n) is 5.88. The molecule has 0 saturated carbocycles. The maximum absolute atomic E-state index is 14.3. The van der Waals surface area contributed by atoms with E-state index in [9.17, 15) is 22.0 Å². The molecule has 0 radical (unpaired) electrons. The van der Waals surface area contributed by atoms with Gasteiger partial charge in [0.1, 0.15) is 17.7 Å². The third kappa shape index (κ3) is 3.16. The SMILES string of the molecule is Fc1ccc(C2=CC(c3ccccc3F)n3nc(C(F)(F)F)nc3N2)cc1. The van der Waals surface area contributed by atoms with Crippen LogP contribution in [0.4, 0.5) is 27.9 Å². The largest absolute Gasteiger partial charge is 0.453 e. The molecule has 27 heavy (non-hydrogen) atoms. The lowest BCUT2D eigenvalue weighted by atomic mass is 10.0. The Kier molecular flexibility index (Phi) is 3.94. The van der Waals surface area contributed by atoms with Gasteiger partial charge in [-0.3, -0.25) is 0 Å². The summed E-state index contributed by atoms with van der Waals surface area (Å²) in [5, 5.41) is 6.26. The van der Waals surface area contributed by atoms with E-state index in [1.807, 2.05) is 0 Å². The smallest absolute Gasteiger partial charge is 0.324 e. The standard InChI is InChI=1S/C18H11F5N4/c19-11-7-5-10(6-8-11)14-9-15(12-3-1-2-4-13(12)20)27-17(24-14)25-16(26-27)18(21,22)23/h1-9,15H,(H,24,25,26). The predicted molar refractivity (Wildman–Crippen MR) is 87.6 cm³/mol. The summed E-state index contributed by atoms with van der Waals surface area (Å²) >= 11 is 0. The van der Waals surface area contributed by atoms with E-state index in [4.69, 9.17) is 0 Å². The molecule has 0 bridgehead atoms. The molecule has 2 heterocycles. The van der Waals surface area contributed by atoms with Crippen molar-refractivity contribution < 1.29 is 22.0 Å². The van der Waals surface area contributed by atoms with Crippen LogP contribution in [0.15, 0.2) is 54.6 Å². The molecule has 2 aromatic carbocycles. The van der Waals surface area contributed by atoms with Crippen molar-refractivity contribution in [2.24, 2.45) is 0 Å². The normalized spacial score (nSPS) is 16.5. The van der Waals surface area contributed by atoms with Crippen LogP contribution in [0.3, 0.4) is 0 Å². The average Bonchev–Trinajstić information content (AvgIpc) is 3.07. The van der Waals surface area contributed by atoms with Crippen LogP contribution in [-0.2, 0) is 6.18 Å². The van der Waals surface area contributed by atoms with Crippen LogP contribution in [0, 0.1) is 11.6 Å². The number of benzene rings is 2. The molecule has 0 fully saturated rings. The maximum Gasteiger partial charge on any atom is 0.453 e. The number of alkyl halides is 3. The lowest BCUT2D eigenvalue weighted by molar-refractivity contribution is -0.145. The summed E-state index contributed by atoms with van der Waals surface area (Å²) in [5.74, 6) is -2.56. The van der Waals surface area contributed by atoms with Crippen LogP contribution < -0.4 is 5.32 Å². The number of hydrogen-bond acceptors (Lipinski definition) is 3. The molecular formula is C18H11F5N4. The lowest BCUT2D eigenvalue weighted by Crippen LogP contribution is -2.21. The first-order valence-electron chi connectivity index (χ1n) is 7.86. The van der Waals surface area contributed by atoms with Gasteiger partial charge in [0.25, 0.3) is 5.82 Å². The fraction of sp³-hybridized carbons (Fsp3) is 0.111. The molecule has 0 aliphatic carbocycles. The van der Waals surface area contributed by atoms with Gasteiger partial charge in [-0.25, -0.2) is 13.5 Å². The Balaban J connectivity index is 1.86. The van der Waals surface area contributed by atoms with Crippen LogP contribution in [0.1, 0.15) is 23.0 Å². The fourth-order valence-corrected chi connectivity index (χ4v) is 2.85. The molecule has 1 unspecified atom stereocenters. The first-order chi connectivity index (χ1) is 12.8. The molecule has 1 aliphatic rings. The van der Waals surface area contributed by atoms with Crippen molar-refractivity contribution in [3.05, 3.63) is 83.2 Å². The van der Waals surface area contributed by atoms with Gasteiger partial charge in [-0.05, 0) is 42.0 Å². The highest BCUT2D eigenvalue weighted by Crippen LogP contribution is 2.36. The topological polar surface area (TPSA) is 42.7 Å². The van der Waals surface area contributed by atoms with E-state index < -0.39 is 29.7 Å². The van der Waals surface area contributed by atoms with E-state index in [-0.39, 0.29) is 11.5 Å². The molecule has 0 spiro atoms. The highest BCUT2D eigenvalue weighted by molar-refractivity contribution is 5.77. The fourth-order valence-electron chi connectivity index (χ4n) is 2.85. The number of nitrogens with one attached hydrogen (secondary N) is 1. The van der Waals surface area contributed by atoms with Gasteiger partial charge in [-0.1, -0.05) is 18.2 Å². The summed E-state index contributed by atoms with van der Waals surface area (Å²) < 4.78 is 67.6. The number of allylic oxidation sites excluding steroid dienone is 1. The van der Waals surface area contributed by atoms with Crippen LogP contribution >= 0.6 is 0 Å². The number of halogens is 5. The summed E-state index contributed by atoms with van der Waals surface area (Å²) in [5.41, 5.74) is 1.02. The third-order valence-corrected chi connectivity index (χ3v) is 4.10. The maximum atomic E-state index is 14.3. The average molecular weight is 378 g/mol. The zero-order chi connectivity index (χ0) is 19.2. The monoisotopic (exact) mass is 378 g/mol. The molecule has 3 aromatic rings.